The number of piperazine rings is 1. The van der Waals surface area contributed by atoms with Crippen LogP contribution in [0.4, 0.5) is 10.1 Å². The van der Waals surface area contributed by atoms with E-state index in [1.54, 1.807) is 70.1 Å². The molecule has 1 aliphatic heterocycles. The van der Waals surface area contributed by atoms with Gasteiger partial charge in [0.2, 0.25) is 5.91 Å². The molecule has 1 aromatic heterocycles. The Morgan fingerprint density at radius 3 is 2.36 bits per heavy atom. The monoisotopic (exact) mass is 716 g/mol. The fourth-order valence-corrected chi connectivity index (χ4v) is 6.33. The number of ether oxygens (including phenoxy) is 1. The Morgan fingerprint density at radius 1 is 0.920 bits per heavy atom. The molecular formula is C36H35Cl2FN8O3. The van der Waals surface area contributed by atoms with Gasteiger partial charge in [0.1, 0.15) is 29.2 Å². The third-order valence-electron chi connectivity index (χ3n) is 8.52. The summed E-state index contributed by atoms with van der Waals surface area (Å²) in [4.78, 5) is 35.6. The van der Waals surface area contributed by atoms with Crippen molar-refractivity contribution in [2.45, 2.75) is 18.9 Å². The summed E-state index contributed by atoms with van der Waals surface area (Å²) in [5, 5.41) is 11.0. The van der Waals surface area contributed by atoms with Crippen LogP contribution >= 0.6 is 23.2 Å². The number of carbonyl (C=O) groups is 2. The molecule has 0 bridgehead atoms. The van der Waals surface area contributed by atoms with Crippen LogP contribution in [-0.2, 0) is 4.79 Å². The second-order valence-electron chi connectivity index (χ2n) is 11.9. The fraction of sp³-hybridized carbons (Fsp3) is 0.222. The van der Waals surface area contributed by atoms with Crippen LogP contribution in [0.15, 0.2) is 84.9 Å². The Labute approximate surface area is 298 Å². The summed E-state index contributed by atoms with van der Waals surface area (Å²) in [6.07, 6.45) is 0.833. The van der Waals surface area contributed by atoms with Gasteiger partial charge in [-0.1, -0.05) is 35.3 Å². The third kappa shape index (κ3) is 7.77. The maximum atomic E-state index is 13.7. The van der Waals surface area contributed by atoms with Crippen LogP contribution in [0.5, 0.6) is 11.5 Å². The molecule has 5 aromatic rings. The number of fused-ring (bicyclic) bond motifs is 1. The molecule has 2 heterocycles. The minimum atomic E-state index is -0.801. The normalized spacial score (nSPS) is 13.7. The first kappa shape index (κ1) is 34.5. The molecule has 6 rings (SSSR count). The number of aromatic nitrogens is 2. The second-order valence-corrected chi connectivity index (χ2v) is 12.7. The SMILES string of the molecule is N=C(N)NCCC[C@@H](C(N)=O)n1c(-c2cccc(Oc3ccc(Cl)c(Cl)c3)c2)nc2cc(C(=O)N3CCN(c4ccc(F)cc4)CC3)ccc21. The highest BCUT2D eigenvalue weighted by molar-refractivity contribution is 6.42. The lowest BCUT2D eigenvalue weighted by Gasteiger charge is -2.36. The van der Waals surface area contributed by atoms with E-state index in [4.69, 9.17) is 49.8 Å². The van der Waals surface area contributed by atoms with Gasteiger partial charge < -0.3 is 35.9 Å². The van der Waals surface area contributed by atoms with Gasteiger partial charge in [0, 0.05) is 55.6 Å². The predicted molar refractivity (Wildman–Crippen MR) is 194 cm³/mol. The molecule has 1 aliphatic rings. The summed E-state index contributed by atoms with van der Waals surface area (Å²) >= 11 is 12.3. The minimum absolute atomic E-state index is 0.138. The molecule has 258 valence electrons. The Balaban J connectivity index is 1.31. The molecule has 1 fully saturated rings. The van der Waals surface area contributed by atoms with Crippen molar-refractivity contribution in [2.24, 2.45) is 11.5 Å². The lowest BCUT2D eigenvalue weighted by Crippen LogP contribution is -2.48. The van der Waals surface area contributed by atoms with Gasteiger partial charge in [-0.3, -0.25) is 15.0 Å². The Bertz CT molecular complexity index is 2050. The highest BCUT2D eigenvalue weighted by Gasteiger charge is 2.27. The molecule has 1 atom stereocenters. The number of guanidine groups is 1. The maximum absolute atomic E-state index is 13.7. The van der Waals surface area contributed by atoms with Crippen LogP contribution < -0.4 is 26.4 Å². The first-order valence-corrected chi connectivity index (χ1v) is 16.8. The number of carbonyl (C=O) groups excluding carboxylic acids is 2. The van der Waals surface area contributed by atoms with Crippen molar-refractivity contribution in [3.63, 3.8) is 0 Å². The van der Waals surface area contributed by atoms with Crippen molar-refractivity contribution < 1.29 is 18.7 Å². The Kier molecular flexibility index (Phi) is 10.4. The summed E-state index contributed by atoms with van der Waals surface area (Å²) in [7, 11) is 0. The van der Waals surface area contributed by atoms with E-state index >= 15 is 0 Å². The largest absolute Gasteiger partial charge is 0.457 e. The number of halogens is 3. The number of anilines is 1. The van der Waals surface area contributed by atoms with E-state index in [0.29, 0.717) is 95.1 Å². The van der Waals surface area contributed by atoms with Crippen molar-refractivity contribution in [2.75, 3.05) is 37.6 Å². The fourth-order valence-electron chi connectivity index (χ4n) is 6.05. The van der Waals surface area contributed by atoms with Crippen molar-refractivity contribution in [1.82, 2.24) is 19.8 Å². The Morgan fingerprint density at radius 2 is 1.66 bits per heavy atom. The molecule has 1 saturated heterocycles. The second kappa shape index (κ2) is 15.1. The topological polar surface area (TPSA) is 156 Å². The maximum Gasteiger partial charge on any atom is 0.254 e. The number of nitrogens with zero attached hydrogens (tertiary/aromatic N) is 4. The molecule has 14 heteroatoms. The van der Waals surface area contributed by atoms with Crippen molar-refractivity contribution >= 4 is 57.7 Å². The number of amides is 2. The number of primary amides is 1. The van der Waals surface area contributed by atoms with Gasteiger partial charge in [-0.2, -0.15) is 0 Å². The number of imidazole rings is 1. The van der Waals surface area contributed by atoms with E-state index in [1.807, 2.05) is 12.1 Å². The number of hydrogen-bond acceptors (Lipinski definition) is 6. The number of hydrogen-bond donors (Lipinski definition) is 4. The molecule has 2 amide bonds. The lowest BCUT2D eigenvalue weighted by molar-refractivity contribution is -0.121. The lowest BCUT2D eigenvalue weighted by atomic mass is 10.1. The van der Waals surface area contributed by atoms with E-state index in [9.17, 15) is 14.0 Å². The first-order chi connectivity index (χ1) is 24.1. The van der Waals surface area contributed by atoms with E-state index in [1.165, 1.54) is 12.1 Å². The van der Waals surface area contributed by atoms with E-state index in [0.717, 1.165) is 5.69 Å². The molecule has 0 spiro atoms. The number of rotatable bonds is 11. The van der Waals surface area contributed by atoms with Gasteiger partial charge in [-0.15, -0.1) is 0 Å². The summed E-state index contributed by atoms with van der Waals surface area (Å²) in [6.45, 7) is 2.59. The average Bonchev–Trinajstić information content (AvgIpc) is 3.48. The quantitative estimate of drug-likeness (QED) is 0.0721. The highest BCUT2D eigenvalue weighted by atomic mass is 35.5. The zero-order chi connectivity index (χ0) is 35.4. The van der Waals surface area contributed by atoms with E-state index < -0.39 is 11.9 Å². The summed E-state index contributed by atoms with van der Waals surface area (Å²) in [5.41, 5.74) is 14.6. The zero-order valence-corrected chi connectivity index (χ0v) is 28.4. The van der Waals surface area contributed by atoms with Crippen LogP contribution in [0.3, 0.4) is 0 Å². The van der Waals surface area contributed by atoms with Crippen LogP contribution in [0, 0.1) is 11.2 Å². The first-order valence-electron chi connectivity index (χ1n) is 16.0. The van der Waals surface area contributed by atoms with Crippen LogP contribution in [0.1, 0.15) is 29.2 Å². The molecule has 50 heavy (non-hydrogen) atoms. The van der Waals surface area contributed by atoms with Gasteiger partial charge >= 0.3 is 0 Å². The minimum Gasteiger partial charge on any atom is -0.457 e. The van der Waals surface area contributed by atoms with E-state index in [2.05, 4.69) is 10.2 Å². The van der Waals surface area contributed by atoms with Crippen LogP contribution in [0.2, 0.25) is 10.0 Å². The van der Waals surface area contributed by atoms with Gasteiger partial charge in [0.05, 0.1) is 21.1 Å². The zero-order valence-electron chi connectivity index (χ0n) is 26.9. The molecule has 0 unspecified atom stereocenters. The van der Waals surface area contributed by atoms with Gasteiger partial charge in [0.15, 0.2) is 5.96 Å². The van der Waals surface area contributed by atoms with Crippen molar-refractivity contribution in [3.8, 4) is 22.9 Å². The van der Waals surface area contributed by atoms with Crippen LogP contribution in [0.25, 0.3) is 22.4 Å². The third-order valence-corrected chi connectivity index (χ3v) is 9.26. The molecule has 11 nitrogen and oxygen atoms in total. The van der Waals surface area contributed by atoms with Crippen molar-refractivity contribution in [1.29, 1.82) is 5.41 Å². The van der Waals surface area contributed by atoms with Gasteiger partial charge in [-0.25, -0.2) is 9.37 Å². The molecule has 4 aromatic carbocycles. The standard InChI is InChI=1S/C36H35Cl2FN8O3/c37-28-12-11-27(21-29(28)38)50-26-4-1-3-22(19-26)34-44-30-20-23(6-13-31(30)47(34)32(33(40)48)5-2-14-43-36(41)42)35(49)46-17-15-45(16-18-46)25-9-7-24(39)8-10-25/h1,3-4,6-13,19-21,32H,2,5,14-18H2,(H2,40,48)(H4,41,42,43)/t32-/m0/s1. The Hall–Kier alpha value is -5.33. The number of nitrogens with one attached hydrogen (secondary N) is 2. The summed E-state index contributed by atoms with van der Waals surface area (Å²) < 4.78 is 21.3. The average molecular weight is 718 g/mol. The molecule has 6 N–H and O–H groups in total. The highest BCUT2D eigenvalue weighted by Crippen LogP contribution is 2.35. The smallest absolute Gasteiger partial charge is 0.254 e. The van der Waals surface area contributed by atoms with Gasteiger partial charge in [-0.05, 0) is 79.6 Å². The molecule has 0 radical (unpaired) electrons. The van der Waals surface area contributed by atoms with Crippen molar-refractivity contribution in [3.05, 3.63) is 106 Å². The molecular weight excluding hydrogens is 682 g/mol. The van der Waals surface area contributed by atoms with Gasteiger partial charge in [0.25, 0.3) is 5.91 Å². The molecule has 0 saturated carbocycles. The number of nitrogens with two attached hydrogens (primary N) is 2. The summed E-state index contributed by atoms with van der Waals surface area (Å²) in [5.74, 6) is 0.287. The predicted octanol–water partition coefficient (Wildman–Crippen LogP) is 6.19. The molecule has 0 aliphatic carbocycles. The van der Waals surface area contributed by atoms with Crippen LogP contribution in [-0.4, -0.2) is 64.9 Å². The van der Waals surface area contributed by atoms with E-state index in [-0.39, 0.29) is 17.7 Å². The number of benzene rings is 4. The summed E-state index contributed by atoms with van der Waals surface area (Å²) in [6, 6.07) is 23.0.